The number of piperidine rings is 1. The lowest BCUT2D eigenvalue weighted by Crippen LogP contribution is -2.35. The third kappa shape index (κ3) is 2.83. The van der Waals surface area contributed by atoms with Crippen LogP contribution in [0.2, 0.25) is 0 Å². The van der Waals surface area contributed by atoms with Crippen molar-refractivity contribution in [2.24, 2.45) is 13.0 Å². The Hall–Kier alpha value is -0.870. The lowest BCUT2D eigenvalue weighted by molar-refractivity contribution is 0.360. The molecule has 1 unspecified atom stereocenters. The summed E-state index contributed by atoms with van der Waals surface area (Å²) in [6.07, 6.45) is 4.63. The molecule has 0 aromatic carbocycles. The first-order chi connectivity index (χ1) is 7.77. The van der Waals surface area contributed by atoms with Gasteiger partial charge in [0.1, 0.15) is 0 Å². The summed E-state index contributed by atoms with van der Waals surface area (Å²) in [4.78, 5) is 0. The van der Waals surface area contributed by atoms with Crippen molar-refractivity contribution in [3.63, 3.8) is 0 Å². The van der Waals surface area contributed by atoms with Crippen LogP contribution in [-0.2, 0) is 13.6 Å². The topological polar surface area (TPSA) is 41.9 Å². The average molecular weight is 222 g/mol. The van der Waals surface area contributed by atoms with Gasteiger partial charge in [-0.15, -0.1) is 0 Å². The highest BCUT2D eigenvalue weighted by Gasteiger charge is 2.12. The van der Waals surface area contributed by atoms with Crippen molar-refractivity contribution in [3.05, 3.63) is 17.5 Å². The van der Waals surface area contributed by atoms with Gasteiger partial charge in [0.25, 0.3) is 0 Å². The molecule has 1 fully saturated rings. The number of nitrogens with one attached hydrogen (secondary N) is 2. The van der Waals surface area contributed by atoms with Crippen LogP contribution in [0.15, 0.2) is 6.20 Å². The number of rotatable bonds is 4. The molecule has 2 N–H and O–H groups in total. The van der Waals surface area contributed by atoms with Gasteiger partial charge in [-0.1, -0.05) is 0 Å². The Morgan fingerprint density at radius 1 is 1.62 bits per heavy atom. The first kappa shape index (κ1) is 11.6. The molecule has 2 heterocycles. The Morgan fingerprint density at radius 2 is 2.50 bits per heavy atom. The number of aryl methyl sites for hydroxylation is 1. The fourth-order valence-corrected chi connectivity index (χ4v) is 2.23. The third-order valence-corrected chi connectivity index (χ3v) is 3.48. The zero-order valence-electron chi connectivity index (χ0n) is 10.3. The smallest absolute Gasteiger partial charge is 0.0537 e. The Kier molecular flexibility index (Phi) is 3.96. The minimum atomic E-state index is 0.797. The number of aromatic nitrogens is 2. The quantitative estimate of drug-likeness (QED) is 0.792. The summed E-state index contributed by atoms with van der Waals surface area (Å²) in [5, 5.41) is 11.2. The first-order valence-corrected chi connectivity index (χ1v) is 6.16. The minimum Gasteiger partial charge on any atom is -0.316 e. The van der Waals surface area contributed by atoms with Crippen LogP contribution < -0.4 is 10.6 Å². The van der Waals surface area contributed by atoms with Gasteiger partial charge in [-0.05, 0) is 45.3 Å². The summed E-state index contributed by atoms with van der Waals surface area (Å²) in [5.41, 5.74) is 2.57. The van der Waals surface area contributed by atoms with Gasteiger partial charge < -0.3 is 10.6 Å². The van der Waals surface area contributed by atoms with E-state index in [1.165, 1.54) is 37.2 Å². The number of hydrogen-bond acceptors (Lipinski definition) is 3. The molecule has 1 atom stereocenters. The van der Waals surface area contributed by atoms with E-state index in [0.29, 0.717) is 0 Å². The second-order valence-electron chi connectivity index (χ2n) is 4.72. The highest BCUT2D eigenvalue weighted by molar-refractivity contribution is 5.15. The summed E-state index contributed by atoms with van der Waals surface area (Å²) < 4.78 is 1.93. The predicted octanol–water partition coefficient (Wildman–Crippen LogP) is 0.818. The standard InChI is InChI=1S/C12H22N4/c1-10-12(9-15-16(10)2)8-14-7-11-4-3-5-13-6-11/h9,11,13-14H,3-8H2,1-2H3. The van der Waals surface area contributed by atoms with Crippen LogP contribution in [0.25, 0.3) is 0 Å². The van der Waals surface area contributed by atoms with Gasteiger partial charge in [0.05, 0.1) is 6.20 Å². The molecule has 4 heteroatoms. The van der Waals surface area contributed by atoms with Crippen molar-refractivity contribution in [3.8, 4) is 0 Å². The summed E-state index contributed by atoms with van der Waals surface area (Å²) in [6, 6.07) is 0. The fourth-order valence-electron chi connectivity index (χ4n) is 2.23. The Balaban J connectivity index is 1.73. The molecular formula is C12H22N4. The molecule has 1 saturated heterocycles. The molecule has 0 radical (unpaired) electrons. The van der Waals surface area contributed by atoms with Crippen molar-refractivity contribution < 1.29 is 0 Å². The van der Waals surface area contributed by atoms with Gasteiger partial charge in [0.2, 0.25) is 0 Å². The van der Waals surface area contributed by atoms with E-state index in [1.807, 2.05) is 17.9 Å². The van der Waals surface area contributed by atoms with Crippen molar-refractivity contribution in [2.45, 2.75) is 26.3 Å². The molecule has 1 aliphatic rings. The lowest BCUT2D eigenvalue weighted by atomic mass is 10.00. The Morgan fingerprint density at radius 3 is 3.12 bits per heavy atom. The van der Waals surface area contributed by atoms with E-state index in [2.05, 4.69) is 22.7 Å². The average Bonchev–Trinajstić information content (AvgIpc) is 2.62. The van der Waals surface area contributed by atoms with E-state index in [1.54, 1.807) is 0 Å². The highest BCUT2D eigenvalue weighted by atomic mass is 15.3. The van der Waals surface area contributed by atoms with Crippen molar-refractivity contribution >= 4 is 0 Å². The van der Waals surface area contributed by atoms with Crippen molar-refractivity contribution in [2.75, 3.05) is 19.6 Å². The van der Waals surface area contributed by atoms with Crippen LogP contribution in [0.4, 0.5) is 0 Å². The minimum absolute atomic E-state index is 0.797. The molecular weight excluding hydrogens is 200 g/mol. The van der Waals surface area contributed by atoms with Crippen LogP contribution in [-0.4, -0.2) is 29.4 Å². The van der Waals surface area contributed by atoms with E-state index in [0.717, 1.165) is 19.0 Å². The van der Waals surface area contributed by atoms with Crippen molar-refractivity contribution in [1.29, 1.82) is 0 Å². The predicted molar refractivity (Wildman–Crippen MR) is 65.2 cm³/mol. The van der Waals surface area contributed by atoms with Crippen LogP contribution in [0.5, 0.6) is 0 Å². The van der Waals surface area contributed by atoms with Crippen LogP contribution >= 0.6 is 0 Å². The molecule has 16 heavy (non-hydrogen) atoms. The zero-order valence-corrected chi connectivity index (χ0v) is 10.3. The monoisotopic (exact) mass is 222 g/mol. The van der Waals surface area contributed by atoms with Crippen LogP contribution in [0.1, 0.15) is 24.1 Å². The number of nitrogens with zero attached hydrogens (tertiary/aromatic N) is 2. The van der Waals surface area contributed by atoms with Gasteiger partial charge in [-0.25, -0.2) is 0 Å². The van der Waals surface area contributed by atoms with E-state index < -0.39 is 0 Å². The molecule has 2 rings (SSSR count). The molecule has 1 aliphatic heterocycles. The zero-order chi connectivity index (χ0) is 11.4. The highest BCUT2D eigenvalue weighted by Crippen LogP contribution is 2.09. The maximum Gasteiger partial charge on any atom is 0.0537 e. The van der Waals surface area contributed by atoms with E-state index >= 15 is 0 Å². The second-order valence-corrected chi connectivity index (χ2v) is 4.72. The van der Waals surface area contributed by atoms with Crippen LogP contribution in [0.3, 0.4) is 0 Å². The van der Waals surface area contributed by atoms with Gasteiger partial charge in [0.15, 0.2) is 0 Å². The Labute approximate surface area is 97.4 Å². The van der Waals surface area contributed by atoms with E-state index in [4.69, 9.17) is 0 Å². The molecule has 0 amide bonds. The molecule has 0 bridgehead atoms. The molecule has 0 aliphatic carbocycles. The summed E-state index contributed by atoms with van der Waals surface area (Å²) >= 11 is 0. The number of hydrogen-bond donors (Lipinski definition) is 2. The maximum absolute atomic E-state index is 4.25. The van der Waals surface area contributed by atoms with Gasteiger partial charge >= 0.3 is 0 Å². The molecule has 4 nitrogen and oxygen atoms in total. The van der Waals surface area contributed by atoms with Crippen LogP contribution in [0, 0.1) is 12.8 Å². The van der Waals surface area contributed by atoms with Gasteiger partial charge in [0, 0.05) is 24.8 Å². The first-order valence-electron chi connectivity index (χ1n) is 6.16. The summed E-state index contributed by atoms with van der Waals surface area (Å²) in [6.45, 7) is 6.53. The van der Waals surface area contributed by atoms with E-state index in [9.17, 15) is 0 Å². The normalized spacial score (nSPS) is 21.2. The summed E-state index contributed by atoms with van der Waals surface area (Å²) in [5.74, 6) is 0.797. The molecule has 1 aromatic heterocycles. The lowest BCUT2D eigenvalue weighted by Gasteiger charge is -2.22. The third-order valence-electron chi connectivity index (χ3n) is 3.48. The Bertz CT molecular complexity index is 326. The molecule has 1 aromatic rings. The SMILES string of the molecule is Cc1c(CNCC2CCCNC2)cnn1C. The summed E-state index contributed by atoms with van der Waals surface area (Å²) in [7, 11) is 1.99. The molecule has 90 valence electrons. The maximum atomic E-state index is 4.25. The largest absolute Gasteiger partial charge is 0.316 e. The fraction of sp³-hybridized carbons (Fsp3) is 0.750. The van der Waals surface area contributed by atoms with Gasteiger partial charge in [-0.3, -0.25) is 4.68 Å². The molecule has 0 spiro atoms. The second kappa shape index (κ2) is 5.46. The van der Waals surface area contributed by atoms with E-state index in [-0.39, 0.29) is 0 Å². The molecule has 0 saturated carbocycles. The van der Waals surface area contributed by atoms with Crippen molar-refractivity contribution in [1.82, 2.24) is 20.4 Å². The van der Waals surface area contributed by atoms with Gasteiger partial charge in [-0.2, -0.15) is 5.10 Å².